The van der Waals surface area contributed by atoms with Crippen LogP contribution in [0.3, 0.4) is 0 Å². The van der Waals surface area contributed by atoms with Crippen LogP contribution >= 0.6 is 23.2 Å². The van der Waals surface area contributed by atoms with Gasteiger partial charge in [0, 0.05) is 18.2 Å². The van der Waals surface area contributed by atoms with Gasteiger partial charge in [0.25, 0.3) is 0 Å². The Kier molecular flexibility index (Phi) is 4.94. The van der Waals surface area contributed by atoms with Crippen LogP contribution in [0.2, 0.25) is 10.0 Å². The molecule has 1 aliphatic carbocycles. The molecule has 0 spiro atoms. The lowest BCUT2D eigenvalue weighted by Crippen LogP contribution is -2.47. The number of aliphatic hydroxyl groups excluding tert-OH is 1. The van der Waals surface area contributed by atoms with Gasteiger partial charge in [-0.05, 0) is 30.5 Å². The molecule has 1 aliphatic rings. The molecule has 2 rings (SSSR count). The highest BCUT2D eigenvalue weighted by Crippen LogP contribution is 2.31. The van der Waals surface area contributed by atoms with Crippen LogP contribution < -0.4 is 4.72 Å². The zero-order chi connectivity index (χ0) is 14.9. The summed E-state index contributed by atoms with van der Waals surface area (Å²) >= 11 is 11.9. The van der Waals surface area contributed by atoms with Crippen LogP contribution in [-0.2, 0) is 21.4 Å². The summed E-state index contributed by atoms with van der Waals surface area (Å²) in [5, 5.41) is 9.37. The molecule has 0 atom stereocenters. The highest BCUT2D eigenvalue weighted by atomic mass is 35.5. The smallest absolute Gasteiger partial charge is 0.242 e. The molecular weight excluding hydrogens is 325 g/mol. The molecule has 112 valence electrons. The lowest BCUT2D eigenvalue weighted by Gasteiger charge is -2.34. The topological polar surface area (TPSA) is 75.6 Å². The molecule has 1 aromatic carbocycles. The quantitative estimate of drug-likeness (QED) is 0.859. The van der Waals surface area contributed by atoms with Gasteiger partial charge in [-0.15, -0.1) is 0 Å². The molecule has 5 nitrogen and oxygen atoms in total. The summed E-state index contributed by atoms with van der Waals surface area (Å²) < 4.78 is 32.3. The summed E-state index contributed by atoms with van der Waals surface area (Å²) in [6.07, 6.45) is 1.34. The predicted octanol–water partition coefficient (Wildman–Crippen LogP) is 1.94. The zero-order valence-electron chi connectivity index (χ0n) is 10.8. The van der Waals surface area contributed by atoms with E-state index in [-0.39, 0.29) is 39.3 Å². The first kappa shape index (κ1) is 16.0. The van der Waals surface area contributed by atoms with Crippen molar-refractivity contribution in [1.82, 2.24) is 4.72 Å². The fraction of sp³-hybridized carbons (Fsp3) is 0.500. The Hall–Kier alpha value is -0.370. The van der Waals surface area contributed by atoms with E-state index in [9.17, 15) is 8.42 Å². The Balaban J connectivity index is 2.24. The maximum Gasteiger partial charge on any atom is 0.242 e. The second kappa shape index (κ2) is 6.17. The fourth-order valence-corrected chi connectivity index (χ4v) is 4.25. The van der Waals surface area contributed by atoms with Crippen LogP contribution in [0.25, 0.3) is 0 Å². The molecule has 1 saturated carbocycles. The number of halogens is 2. The van der Waals surface area contributed by atoms with Crippen LogP contribution in [0.4, 0.5) is 0 Å². The van der Waals surface area contributed by atoms with Crippen molar-refractivity contribution in [3.05, 3.63) is 27.7 Å². The van der Waals surface area contributed by atoms with Crippen molar-refractivity contribution in [2.24, 2.45) is 0 Å². The number of ether oxygens (including phenoxy) is 1. The number of nitrogens with one attached hydrogen (secondary N) is 1. The molecule has 2 N–H and O–H groups in total. The largest absolute Gasteiger partial charge is 0.392 e. The summed E-state index contributed by atoms with van der Waals surface area (Å²) in [7, 11) is -2.18. The minimum Gasteiger partial charge on any atom is -0.392 e. The van der Waals surface area contributed by atoms with Crippen molar-refractivity contribution >= 4 is 33.2 Å². The van der Waals surface area contributed by atoms with Crippen LogP contribution in [0.5, 0.6) is 0 Å². The third-order valence-electron chi connectivity index (χ3n) is 3.29. The van der Waals surface area contributed by atoms with E-state index in [1.165, 1.54) is 12.1 Å². The number of benzene rings is 1. The minimum atomic E-state index is -3.77. The van der Waals surface area contributed by atoms with Crippen LogP contribution in [0.1, 0.15) is 18.4 Å². The maximum atomic E-state index is 12.3. The molecule has 0 heterocycles. The first-order valence-electron chi connectivity index (χ1n) is 6.01. The maximum absolute atomic E-state index is 12.3. The van der Waals surface area contributed by atoms with E-state index < -0.39 is 10.0 Å². The number of sulfonamides is 1. The summed E-state index contributed by atoms with van der Waals surface area (Å²) in [5.41, 5.74) is 0.280. The van der Waals surface area contributed by atoms with E-state index in [0.29, 0.717) is 12.8 Å². The minimum absolute atomic E-state index is 0.00739. The van der Waals surface area contributed by atoms with Crippen molar-refractivity contribution in [2.45, 2.75) is 36.5 Å². The van der Waals surface area contributed by atoms with Crippen LogP contribution in [0, 0.1) is 0 Å². The monoisotopic (exact) mass is 339 g/mol. The highest BCUT2D eigenvalue weighted by molar-refractivity contribution is 7.89. The Morgan fingerprint density at radius 3 is 2.60 bits per heavy atom. The number of rotatable bonds is 5. The molecule has 0 unspecified atom stereocenters. The van der Waals surface area contributed by atoms with Gasteiger partial charge < -0.3 is 9.84 Å². The molecule has 1 fully saturated rings. The Morgan fingerprint density at radius 1 is 1.40 bits per heavy atom. The predicted molar refractivity (Wildman–Crippen MR) is 76.5 cm³/mol. The van der Waals surface area contributed by atoms with Gasteiger partial charge >= 0.3 is 0 Å². The SMILES string of the molecule is COC1CC(NS(=O)(=O)c2cc(Cl)cc(CO)c2Cl)C1. The molecule has 0 amide bonds. The van der Waals surface area contributed by atoms with Crippen molar-refractivity contribution in [1.29, 1.82) is 0 Å². The fourth-order valence-electron chi connectivity index (χ4n) is 2.07. The van der Waals surface area contributed by atoms with E-state index in [1.54, 1.807) is 7.11 Å². The van der Waals surface area contributed by atoms with Gasteiger partial charge in [-0.2, -0.15) is 0 Å². The van der Waals surface area contributed by atoms with Crippen molar-refractivity contribution < 1.29 is 18.3 Å². The number of aliphatic hydroxyl groups is 1. The van der Waals surface area contributed by atoms with E-state index in [0.717, 1.165) is 0 Å². The molecule has 0 radical (unpaired) electrons. The third-order valence-corrected chi connectivity index (χ3v) is 5.61. The first-order chi connectivity index (χ1) is 9.37. The van der Waals surface area contributed by atoms with E-state index in [4.69, 9.17) is 33.0 Å². The standard InChI is InChI=1S/C12H15Cl2NO4S/c1-19-10-4-9(5-10)15-20(17,18)11-3-8(13)2-7(6-16)12(11)14/h2-3,9-10,15-16H,4-6H2,1H3. The third kappa shape index (κ3) is 3.27. The number of methoxy groups -OCH3 is 1. The normalized spacial score (nSPS) is 22.6. The average Bonchev–Trinajstić information content (AvgIpc) is 2.35. The van der Waals surface area contributed by atoms with Gasteiger partial charge in [0.15, 0.2) is 0 Å². The van der Waals surface area contributed by atoms with E-state index in [2.05, 4.69) is 4.72 Å². The highest BCUT2D eigenvalue weighted by Gasteiger charge is 2.33. The van der Waals surface area contributed by atoms with Gasteiger partial charge in [-0.1, -0.05) is 23.2 Å². The first-order valence-corrected chi connectivity index (χ1v) is 8.25. The summed E-state index contributed by atoms with van der Waals surface area (Å²) in [6, 6.07) is 2.54. The molecular formula is C12H15Cl2NO4S. The Bertz CT molecular complexity index is 600. The van der Waals surface area contributed by atoms with Crippen molar-refractivity contribution in [3.63, 3.8) is 0 Å². The average molecular weight is 340 g/mol. The Labute approximate surface area is 127 Å². The summed E-state index contributed by atoms with van der Waals surface area (Å²) in [6.45, 7) is -0.378. The van der Waals surface area contributed by atoms with Crippen molar-refractivity contribution in [3.8, 4) is 0 Å². The van der Waals surface area contributed by atoms with Crippen LogP contribution in [-0.4, -0.2) is 32.8 Å². The molecule has 0 aliphatic heterocycles. The van der Waals surface area contributed by atoms with Gasteiger partial charge in [0.2, 0.25) is 10.0 Å². The number of hydrogen-bond donors (Lipinski definition) is 2. The lowest BCUT2D eigenvalue weighted by atomic mass is 9.90. The second-order valence-electron chi connectivity index (χ2n) is 4.68. The van der Waals surface area contributed by atoms with Crippen molar-refractivity contribution in [2.75, 3.05) is 7.11 Å². The summed E-state index contributed by atoms with van der Waals surface area (Å²) in [4.78, 5) is -0.114. The molecule has 0 saturated heterocycles. The molecule has 0 bridgehead atoms. The van der Waals surface area contributed by atoms with Gasteiger partial charge in [-0.3, -0.25) is 0 Å². The molecule has 0 aromatic heterocycles. The van der Waals surface area contributed by atoms with Crippen LogP contribution in [0.15, 0.2) is 17.0 Å². The zero-order valence-corrected chi connectivity index (χ0v) is 13.1. The van der Waals surface area contributed by atoms with Gasteiger partial charge in [0.05, 0.1) is 17.7 Å². The summed E-state index contributed by atoms with van der Waals surface area (Å²) in [5.74, 6) is 0. The Morgan fingerprint density at radius 2 is 2.05 bits per heavy atom. The second-order valence-corrected chi connectivity index (χ2v) is 7.18. The van der Waals surface area contributed by atoms with E-state index in [1.807, 2.05) is 0 Å². The lowest BCUT2D eigenvalue weighted by molar-refractivity contribution is 0.0236. The van der Waals surface area contributed by atoms with Gasteiger partial charge in [-0.25, -0.2) is 13.1 Å². The van der Waals surface area contributed by atoms with Gasteiger partial charge in [0.1, 0.15) is 4.90 Å². The molecule has 8 heteroatoms. The van der Waals surface area contributed by atoms with E-state index >= 15 is 0 Å². The number of hydrogen-bond acceptors (Lipinski definition) is 4. The molecule has 1 aromatic rings. The molecule has 20 heavy (non-hydrogen) atoms.